The summed E-state index contributed by atoms with van der Waals surface area (Å²) in [5.41, 5.74) is 0. The highest BCUT2D eigenvalue weighted by atomic mass is 35.5. The molecular formula is C6HClF10. The number of rotatable bonds is 3. The van der Waals surface area contributed by atoms with Gasteiger partial charge in [-0.2, -0.15) is 39.5 Å². The summed E-state index contributed by atoms with van der Waals surface area (Å²) in [5, 5.41) is -3.14. The number of halogens is 11. The molecule has 102 valence electrons. The van der Waals surface area contributed by atoms with E-state index in [0.717, 1.165) is 0 Å². The van der Waals surface area contributed by atoms with E-state index in [1.165, 1.54) is 0 Å². The summed E-state index contributed by atoms with van der Waals surface area (Å²) in [6.45, 7) is 0. The third kappa shape index (κ3) is 2.96. The number of allylic oxidation sites excluding steroid dienone is 1. The maximum absolute atomic E-state index is 12.5. The minimum absolute atomic E-state index is 3.14. The van der Waals surface area contributed by atoms with Crippen LogP contribution in [0.2, 0.25) is 0 Å². The molecule has 0 spiro atoms. The largest absolute Gasteiger partial charge is 0.425 e. The lowest BCUT2D eigenvalue weighted by Gasteiger charge is -2.29. The molecule has 0 radical (unpaired) electrons. The van der Waals surface area contributed by atoms with E-state index in [4.69, 9.17) is 0 Å². The number of hydrogen-bond acceptors (Lipinski definition) is 0. The molecule has 11 heteroatoms. The summed E-state index contributed by atoms with van der Waals surface area (Å²) in [7, 11) is 0. The summed E-state index contributed by atoms with van der Waals surface area (Å²) in [6.07, 6.45) is -15.2. The fourth-order valence-electron chi connectivity index (χ4n) is 0.630. The average molecular weight is 299 g/mol. The Kier molecular flexibility index (Phi) is 4.36. The van der Waals surface area contributed by atoms with Crippen LogP contribution in [-0.2, 0) is 0 Å². The van der Waals surface area contributed by atoms with Crippen LogP contribution in [-0.4, -0.2) is 24.2 Å². The molecule has 0 N–H and O–H groups in total. The second-order valence-corrected chi connectivity index (χ2v) is 3.05. The lowest BCUT2D eigenvalue weighted by Crippen LogP contribution is -2.53. The topological polar surface area (TPSA) is 0 Å². The van der Waals surface area contributed by atoms with E-state index >= 15 is 0 Å². The fraction of sp³-hybridized carbons (Fsp3) is 0.667. The van der Waals surface area contributed by atoms with Crippen molar-refractivity contribution in [1.82, 2.24) is 0 Å². The zero-order valence-electron chi connectivity index (χ0n) is 7.23. The molecule has 0 aromatic rings. The van der Waals surface area contributed by atoms with Crippen molar-refractivity contribution in [2.75, 3.05) is 0 Å². The van der Waals surface area contributed by atoms with E-state index in [9.17, 15) is 43.9 Å². The summed E-state index contributed by atoms with van der Waals surface area (Å²) in [4.78, 5) is 0. The lowest BCUT2D eigenvalue weighted by molar-refractivity contribution is -0.294. The van der Waals surface area contributed by atoms with Gasteiger partial charge in [0.1, 0.15) is 0 Å². The second kappa shape index (κ2) is 4.54. The summed E-state index contributed by atoms with van der Waals surface area (Å²) < 4.78 is 119. The Labute approximate surface area is 91.8 Å². The maximum atomic E-state index is 12.5. The molecule has 0 rings (SSSR count). The standard InChI is InChI=1S/C6HClF10/c7-1(2(8)9)4(11,12)5(13,14)3(10)6(15,16)17/h3H. The first-order valence-electron chi connectivity index (χ1n) is 3.44. The van der Waals surface area contributed by atoms with Gasteiger partial charge >= 0.3 is 18.0 Å². The van der Waals surface area contributed by atoms with Crippen molar-refractivity contribution in [1.29, 1.82) is 0 Å². The molecule has 0 fully saturated rings. The molecule has 0 aliphatic carbocycles. The van der Waals surface area contributed by atoms with E-state index in [0.29, 0.717) is 0 Å². The van der Waals surface area contributed by atoms with Gasteiger partial charge in [0.2, 0.25) is 0 Å². The minimum Gasteiger partial charge on any atom is -0.230 e. The van der Waals surface area contributed by atoms with Gasteiger partial charge in [0.15, 0.2) is 5.03 Å². The molecule has 0 aromatic heterocycles. The number of alkyl halides is 8. The molecule has 0 heterocycles. The highest BCUT2D eigenvalue weighted by Gasteiger charge is 2.71. The Balaban J connectivity index is 5.54. The highest BCUT2D eigenvalue weighted by molar-refractivity contribution is 6.30. The molecular weight excluding hydrogens is 297 g/mol. The Morgan fingerprint density at radius 3 is 1.47 bits per heavy atom. The average Bonchev–Trinajstić information content (AvgIpc) is 2.13. The van der Waals surface area contributed by atoms with Gasteiger partial charge in [0, 0.05) is 0 Å². The zero-order valence-corrected chi connectivity index (χ0v) is 7.99. The van der Waals surface area contributed by atoms with E-state index in [1.807, 2.05) is 0 Å². The van der Waals surface area contributed by atoms with Crippen LogP contribution in [0.3, 0.4) is 0 Å². The van der Waals surface area contributed by atoms with E-state index < -0.39 is 35.3 Å². The first-order valence-corrected chi connectivity index (χ1v) is 3.81. The van der Waals surface area contributed by atoms with Crippen molar-refractivity contribution in [2.45, 2.75) is 24.2 Å². The smallest absolute Gasteiger partial charge is 0.230 e. The van der Waals surface area contributed by atoms with Crippen molar-refractivity contribution in [3.63, 3.8) is 0 Å². The van der Waals surface area contributed by atoms with Crippen LogP contribution in [0.15, 0.2) is 11.1 Å². The highest BCUT2D eigenvalue weighted by Crippen LogP contribution is 2.49. The van der Waals surface area contributed by atoms with Gasteiger partial charge in [-0.25, -0.2) is 4.39 Å². The quantitative estimate of drug-likeness (QED) is 0.673. The van der Waals surface area contributed by atoms with Crippen LogP contribution < -0.4 is 0 Å². The predicted octanol–water partition coefficient (Wildman–Crippen LogP) is 4.50. The normalized spacial score (nSPS) is 15.7. The van der Waals surface area contributed by atoms with Crippen LogP contribution in [0.1, 0.15) is 0 Å². The monoisotopic (exact) mass is 298 g/mol. The van der Waals surface area contributed by atoms with Crippen molar-refractivity contribution < 1.29 is 43.9 Å². The van der Waals surface area contributed by atoms with Gasteiger partial charge in [-0.1, -0.05) is 11.6 Å². The predicted molar refractivity (Wildman–Crippen MR) is 35.9 cm³/mol. The Bertz CT molecular complexity index is 311. The summed E-state index contributed by atoms with van der Waals surface area (Å²) in [6, 6.07) is 0. The van der Waals surface area contributed by atoms with E-state index in [1.54, 1.807) is 0 Å². The third-order valence-corrected chi connectivity index (χ3v) is 1.85. The molecule has 0 aromatic carbocycles. The molecule has 0 nitrogen and oxygen atoms in total. The van der Waals surface area contributed by atoms with Crippen molar-refractivity contribution in [2.24, 2.45) is 0 Å². The van der Waals surface area contributed by atoms with Crippen molar-refractivity contribution >= 4 is 11.6 Å². The first kappa shape index (κ1) is 16.3. The molecule has 0 saturated heterocycles. The van der Waals surface area contributed by atoms with Gasteiger partial charge in [-0.15, -0.1) is 0 Å². The summed E-state index contributed by atoms with van der Waals surface area (Å²) in [5.74, 6) is -12.6. The van der Waals surface area contributed by atoms with Gasteiger partial charge < -0.3 is 0 Å². The van der Waals surface area contributed by atoms with Gasteiger partial charge in [-0.05, 0) is 0 Å². The molecule has 1 atom stereocenters. The molecule has 0 aliphatic rings. The molecule has 17 heavy (non-hydrogen) atoms. The second-order valence-electron chi connectivity index (χ2n) is 2.68. The van der Waals surface area contributed by atoms with Crippen LogP contribution >= 0.6 is 11.6 Å². The molecule has 1 unspecified atom stereocenters. The Hall–Kier alpha value is -0.670. The van der Waals surface area contributed by atoms with Crippen LogP contribution in [0, 0.1) is 0 Å². The summed E-state index contributed by atoms with van der Waals surface area (Å²) >= 11 is 4.05. The number of hydrogen-bond donors (Lipinski definition) is 0. The van der Waals surface area contributed by atoms with Crippen LogP contribution in [0.5, 0.6) is 0 Å². The Morgan fingerprint density at radius 1 is 0.882 bits per heavy atom. The first-order chi connectivity index (χ1) is 7.26. The minimum atomic E-state index is -6.45. The van der Waals surface area contributed by atoms with E-state index in [2.05, 4.69) is 11.6 Å². The van der Waals surface area contributed by atoms with Gasteiger partial charge in [0.25, 0.3) is 12.3 Å². The van der Waals surface area contributed by atoms with Gasteiger partial charge in [-0.3, -0.25) is 0 Å². The zero-order chi connectivity index (χ0) is 14.2. The molecule has 0 saturated carbocycles. The molecule has 0 aliphatic heterocycles. The third-order valence-electron chi connectivity index (χ3n) is 1.47. The SMILES string of the molecule is FC(F)=C(Cl)C(F)(F)C(F)(F)C(F)C(F)(F)F. The van der Waals surface area contributed by atoms with Crippen molar-refractivity contribution in [3.8, 4) is 0 Å². The van der Waals surface area contributed by atoms with Crippen LogP contribution in [0.25, 0.3) is 0 Å². The molecule has 0 amide bonds. The van der Waals surface area contributed by atoms with Crippen molar-refractivity contribution in [3.05, 3.63) is 11.1 Å². The van der Waals surface area contributed by atoms with E-state index in [-0.39, 0.29) is 0 Å². The fourth-order valence-corrected chi connectivity index (χ4v) is 0.756. The maximum Gasteiger partial charge on any atom is 0.425 e. The van der Waals surface area contributed by atoms with Crippen LogP contribution in [0.4, 0.5) is 43.9 Å². The van der Waals surface area contributed by atoms with Gasteiger partial charge in [0.05, 0.1) is 0 Å². The Morgan fingerprint density at radius 2 is 1.24 bits per heavy atom. The molecule has 0 bridgehead atoms. The lowest BCUT2D eigenvalue weighted by atomic mass is 10.1.